The van der Waals surface area contributed by atoms with Crippen LogP contribution >= 0.6 is 12.2 Å². The lowest BCUT2D eigenvalue weighted by atomic mass is 10.3. The summed E-state index contributed by atoms with van der Waals surface area (Å²) in [5.41, 5.74) is 5.44. The fourth-order valence-corrected chi connectivity index (χ4v) is 1.33. The summed E-state index contributed by atoms with van der Waals surface area (Å²) in [6, 6.07) is 0. The Labute approximate surface area is 81.1 Å². The largest absolute Gasteiger partial charge is 0.393 e. The predicted molar refractivity (Wildman–Crippen MR) is 58.4 cm³/mol. The Morgan fingerprint density at radius 2 is 1.67 bits per heavy atom. The van der Waals surface area contributed by atoms with Crippen molar-refractivity contribution in [3.8, 4) is 0 Å². The van der Waals surface area contributed by atoms with Gasteiger partial charge in [-0.1, -0.05) is 26.1 Å². The lowest BCUT2D eigenvalue weighted by Crippen LogP contribution is -2.29. The van der Waals surface area contributed by atoms with Gasteiger partial charge in [-0.3, -0.25) is 0 Å². The van der Waals surface area contributed by atoms with Gasteiger partial charge in [0.15, 0.2) is 0 Å². The van der Waals surface area contributed by atoms with Gasteiger partial charge in [0.05, 0.1) is 4.99 Å². The first-order chi connectivity index (χ1) is 5.70. The smallest absolute Gasteiger partial charge is 0.0740 e. The van der Waals surface area contributed by atoms with E-state index in [0.29, 0.717) is 4.99 Å². The Kier molecular flexibility index (Phi) is 7.40. The molecule has 0 saturated heterocycles. The van der Waals surface area contributed by atoms with Crippen LogP contribution in [0.3, 0.4) is 0 Å². The second-order valence-electron chi connectivity index (χ2n) is 3.06. The van der Waals surface area contributed by atoms with Crippen LogP contribution in [0.25, 0.3) is 0 Å². The highest BCUT2D eigenvalue weighted by molar-refractivity contribution is 7.80. The fraction of sp³-hybridized carbons (Fsp3) is 0.889. The van der Waals surface area contributed by atoms with Crippen LogP contribution in [0.4, 0.5) is 0 Å². The van der Waals surface area contributed by atoms with Crippen LogP contribution in [-0.4, -0.2) is 29.5 Å². The highest BCUT2D eigenvalue weighted by Gasteiger charge is 2.01. The van der Waals surface area contributed by atoms with Gasteiger partial charge >= 0.3 is 0 Å². The molecule has 0 unspecified atom stereocenters. The van der Waals surface area contributed by atoms with Crippen LogP contribution in [0.5, 0.6) is 0 Å². The molecule has 0 aromatic heterocycles. The minimum absolute atomic E-state index is 0.632. The van der Waals surface area contributed by atoms with Gasteiger partial charge in [-0.2, -0.15) is 0 Å². The van der Waals surface area contributed by atoms with Gasteiger partial charge < -0.3 is 10.6 Å². The summed E-state index contributed by atoms with van der Waals surface area (Å²) in [5, 5.41) is 0. The van der Waals surface area contributed by atoms with Crippen LogP contribution in [0.2, 0.25) is 0 Å². The average Bonchev–Trinajstić information content (AvgIpc) is 2.01. The van der Waals surface area contributed by atoms with E-state index < -0.39 is 0 Å². The Morgan fingerprint density at radius 3 is 2.00 bits per heavy atom. The molecule has 0 rings (SSSR count). The third-order valence-corrected chi connectivity index (χ3v) is 1.96. The van der Waals surface area contributed by atoms with Gasteiger partial charge in [0, 0.05) is 13.0 Å². The van der Waals surface area contributed by atoms with Crippen molar-refractivity contribution in [1.82, 2.24) is 4.90 Å². The molecule has 0 fully saturated rings. The average molecular weight is 188 g/mol. The molecular formula is C9H20N2S. The molecule has 0 aromatic carbocycles. The quantitative estimate of drug-likeness (QED) is 0.618. The summed E-state index contributed by atoms with van der Waals surface area (Å²) in [5.74, 6) is 0. The summed E-state index contributed by atoms with van der Waals surface area (Å²) in [7, 11) is 0. The van der Waals surface area contributed by atoms with Crippen LogP contribution in [0, 0.1) is 0 Å². The monoisotopic (exact) mass is 188 g/mol. The molecule has 0 spiro atoms. The van der Waals surface area contributed by atoms with E-state index in [1.54, 1.807) is 0 Å². The maximum Gasteiger partial charge on any atom is 0.0740 e. The van der Waals surface area contributed by atoms with Crippen molar-refractivity contribution in [2.75, 3.05) is 19.6 Å². The second-order valence-corrected chi connectivity index (χ2v) is 3.58. The Balaban J connectivity index is 3.54. The van der Waals surface area contributed by atoms with Crippen molar-refractivity contribution in [3.05, 3.63) is 0 Å². The van der Waals surface area contributed by atoms with Crippen LogP contribution in [0.1, 0.15) is 33.1 Å². The molecule has 0 radical (unpaired) electrons. The van der Waals surface area contributed by atoms with E-state index in [1.807, 2.05) is 0 Å². The standard InChI is InChI=1S/C9H20N2S/c1-3-6-11(7-4-2)8-5-9(10)12/h3-8H2,1-2H3,(H2,10,12). The molecule has 72 valence electrons. The summed E-state index contributed by atoms with van der Waals surface area (Å²) in [4.78, 5) is 3.05. The summed E-state index contributed by atoms with van der Waals surface area (Å²) in [6.07, 6.45) is 3.27. The lowest BCUT2D eigenvalue weighted by molar-refractivity contribution is 0.283. The molecule has 0 saturated carbocycles. The molecule has 2 nitrogen and oxygen atoms in total. The van der Waals surface area contributed by atoms with Crippen molar-refractivity contribution in [3.63, 3.8) is 0 Å². The molecule has 12 heavy (non-hydrogen) atoms. The van der Waals surface area contributed by atoms with E-state index in [9.17, 15) is 0 Å². The highest BCUT2D eigenvalue weighted by atomic mass is 32.1. The fourth-order valence-electron chi connectivity index (χ4n) is 1.24. The number of nitrogens with two attached hydrogens (primary N) is 1. The minimum atomic E-state index is 0.632. The molecule has 0 aromatic rings. The third kappa shape index (κ3) is 6.55. The zero-order valence-electron chi connectivity index (χ0n) is 8.18. The van der Waals surface area contributed by atoms with Gasteiger partial charge in [-0.05, 0) is 25.9 Å². The number of hydrogen-bond acceptors (Lipinski definition) is 2. The topological polar surface area (TPSA) is 29.3 Å². The molecule has 0 aliphatic heterocycles. The Bertz CT molecular complexity index is 120. The van der Waals surface area contributed by atoms with E-state index >= 15 is 0 Å². The Hall–Kier alpha value is -0.150. The predicted octanol–water partition coefficient (Wildman–Crippen LogP) is 1.78. The van der Waals surface area contributed by atoms with E-state index in [4.69, 9.17) is 18.0 Å². The summed E-state index contributed by atoms with van der Waals surface area (Å²) < 4.78 is 0. The van der Waals surface area contributed by atoms with E-state index in [2.05, 4.69) is 18.7 Å². The van der Waals surface area contributed by atoms with E-state index in [-0.39, 0.29) is 0 Å². The molecular weight excluding hydrogens is 168 g/mol. The maximum atomic E-state index is 5.44. The van der Waals surface area contributed by atoms with Crippen molar-refractivity contribution in [2.45, 2.75) is 33.1 Å². The lowest BCUT2D eigenvalue weighted by Gasteiger charge is -2.20. The summed E-state index contributed by atoms with van der Waals surface area (Å²) in [6.45, 7) is 7.75. The zero-order valence-corrected chi connectivity index (χ0v) is 8.99. The number of thiocarbonyl (C=S) groups is 1. The van der Waals surface area contributed by atoms with Gasteiger partial charge in [0.25, 0.3) is 0 Å². The normalized spacial score (nSPS) is 10.6. The molecule has 0 aliphatic rings. The van der Waals surface area contributed by atoms with Gasteiger partial charge in [-0.25, -0.2) is 0 Å². The Morgan fingerprint density at radius 1 is 1.17 bits per heavy atom. The first-order valence-electron chi connectivity index (χ1n) is 4.71. The van der Waals surface area contributed by atoms with Gasteiger partial charge in [-0.15, -0.1) is 0 Å². The number of nitrogens with zero attached hydrogens (tertiary/aromatic N) is 1. The molecule has 0 aliphatic carbocycles. The van der Waals surface area contributed by atoms with Gasteiger partial charge in [0.2, 0.25) is 0 Å². The first kappa shape index (κ1) is 11.8. The molecule has 0 heterocycles. The molecule has 0 amide bonds. The van der Waals surface area contributed by atoms with Crippen molar-refractivity contribution in [2.24, 2.45) is 5.73 Å². The molecule has 2 N–H and O–H groups in total. The molecule has 0 atom stereocenters. The van der Waals surface area contributed by atoms with Gasteiger partial charge in [0.1, 0.15) is 0 Å². The van der Waals surface area contributed by atoms with Crippen molar-refractivity contribution < 1.29 is 0 Å². The minimum Gasteiger partial charge on any atom is -0.393 e. The first-order valence-corrected chi connectivity index (χ1v) is 5.12. The van der Waals surface area contributed by atoms with E-state index in [1.165, 1.54) is 12.8 Å². The third-order valence-electron chi connectivity index (χ3n) is 1.75. The number of hydrogen-bond donors (Lipinski definition) is 1. The summed E-state index contributed by atoms with van der Waals surface area (Å²) >= 11 is 4.83. The second kappa shape index (κ2) is 7.50. The SMILES string of the molecule is CCCN(CCC)CCC(N)=S. The highest BCUT2D eigenvalue weighted by Crippen LogP contribution is 1.95. The van der Waals surface area contributed by atoms with Crippen molar-refractivity contribution >= 4 is 17.2 Å². The van der Waals surface area contributed by atoms with Crippen LogP contribution in [-0.2, 0) is 0 Å². The van der Waals surface area contributed by atoms with Crippen LogP contribution in [0.15, 0.2) is 0 Å². The zero-order chi connectivity index (χ0) is 9.40. The molecule has 3 heteroatoms. The van der Waals surface area contributed by atoms with E-state index in [0.717, 1.165) is 26.1 Å². The van der Waals surface area contributed by atoms with Crippen LogP contribution < -0.4 is 5.73 Å². The number of rotatable bonds is 7. The van der Waals surface area contributed by atoms with Crippen molar-refractivity contribution in [1.29, 1.82) is 0 Å². The maximum absolute atomic E-state index is 5.44. The molecule has 0 bridgehead atoms.